The van der Waals surface area contributed by atoms with Gasteiger partial charge in [0.25, 0.3) is 0 Å². The summed E-state index contributed by atoms with van der Waals surface area (Å²) in [5, 5.41) is 0. The number of hydrogen-bond acceptors (Lipinski definition) is 3. The summed E-state index contributed by atoms with van der Waals surface area (Å²) in [4.78, 5) is 4.76. The van der Waals surface area contributed by atoms with Gasteiger partial charge in [0.15, 0.2) is 0 Å². The van der Waals surface area contributed by atoms with E-state index in [1.807, 2.05) is 0 Å². The molecule has 0 saturated heterocycles. The molecule has 0 N–H and O–H groups in total. The number of para-hydroxylation sites is 1. The van der Waals surface area contributed by atoms with Crippen LogP contribution in [0.3, 0.4) is 0 Å². The van der Waals surface area contributed by atoms with Crippen LogP contribution in [0.15, 0.2) is 42.5 Å². The van der Waals surface area contributed by atoms with Crippen molar-refractivity contribution in [3.63, 3.8) is 0 Å². The van der Waals surface area contributed by atoms with E-state index in [1.165, 1.54) is 41.8 Å². The molecule has 3 atom stereocenters. The van der Waals surface area contributed by atoms with Gasteiger partial charge in [-0.3, -0.25) is 0 Å². The number of anilines is 2. The summed E-state index contributed by atoms with van der Waals surface area (Å²) in [6.45, 7) is 0. The van der Waals surface area contributed by atoms with Gasteiger partial charge in [-0.05, 0) is 68.5 Å². The van der Waals surface area contributed by atoms with Crippen molar-refractivity contribution in [3.05, 3.63) is 53.6 Å². The number of fused-ring (bicyclic) bond motifs is 5. The minimum atomic E-state index is 0.578. The number of rotatable bonds is 2. The molecule has 1 saturated carbocycles. The Morgan fingerprint density at radius 1 is 0.960 bits per heavy atom. The molecule has 1 aliphatic heterocycles. The van der Waals surface area contributed by atoms with Crippen LogP contribution in [-0.4, -0.2) is 39.2 Å². The molecule has 2 aliphatic rings. The van der Waals surface area contributed by atoms with E-state index in [9.17, 15) is 0 Å². The Bertz CT molecular complexity index is 770. The largest absolute Gasteiger partial charge is 0.497 e. The van der Waals surface area contributed by atoms with Crippen LogP contribution in [0.1, 0.15) is 42.2 Å². The molecule has 25 heavy (non-hydrogen) atoms. The SMILES string of the molecule is COc1ccc2c(c1)N(C)c1ccccc1C1CC(N(C)C)CCC21. The highest BCUT2D eigenvalue weighted by Crippen LogP contribution is 2.53. The lowest BCUT2D eigenvalue weighted by Gasteiger charge is -2.39. The van der Waals surface area contributed by atoms with Gasteiger partial charge in [0, 0.05) is 30.5 Å². The Balaban J connectivity index is 1.88. The van der Waals surface area contributed by atoms with Crippen molar-refractivity contribution >= 4 is 11.4 Å². The van der Waals surface area contributed by atoms with Gasteiger partial charge >= 0.3 is 0 Å². The summed E-state index contributed by atoms with van der Waals surface area (Å²) in [5.74, 6) is 2.10. The van der Waals surface area contributed by atoms with E-state index in [4.69, 9.17) is 4.74 Å². The van der Waals surface area contributed by atoms with E-state index >= 15 is 0 Å². The number of benzene rings is 2. The summed E-state index contributed by atoms with van der Waals surface area (Å²) in [6.07, 6.45) is 3.74. The molecule has 1 fully saturated rings. The molecule has 3 unspecified atom stereocenters. The smallest absolute Gasteiger partial charge is 0.120 e. The first kappa shape index (κ1) is 16.5. The molecule has 1 aliphatic carbocycles. The van der Waals surface area contributed by atoms with Gasteiger partial charge in [-0.15, -0.1) is 0 Å². The Morgan fingerprint density at radius 2 is 1.72 bits per heavy atom. The van der Waals surface area contributed by atoms with Crippen molar-refractivity contribution < 1.29 is 4.74 Å². The monoisotopic (exact) mass is 336 g/mol. The molecule has 132 valence electrons. The van der Waals surface area contributed by atoms with Crippen LogP contribution in [0, 0.1) is 0 Å². The molecule has 3 heteroatoms. The highest BCUT2D eigenvalue weighted by Gasteiger charge is 2.38. The standard InChI is InChI=1S/C22H28N2O/c1-23(2)15-9-11-17-19-12-10-16(25-4)14-22(19)24(3)21-8-6-5-7-18(21)20(17)13-15/h5-8,10,12,14-15,17,20H,9,11,13H2,1-4H3. The van der Waals surface area contributed by atoms with Gasteiger partial charge in [0.05, 0.1) is 7.11 Å². The van der Waals surface area contributed by atoms with Crippen molar-refractivity contribution in [2.24, 2.45) is 0 Å². The van der Waals surface area contributed by atoms with Crippen LogP contribution < -0.4 is 9.64 Å². The highest BCUT2D eigenvalue weighted by atomic mass is 16.5. The van der Waals surface area contributed by atoms with E-state index < -0.39 is 0 Å². The summed E-state index contributed by atoms with van der Waals surface area (Å²) < 4.78 is 5.51. The van der Waals surface area contributed by atoms with E-state index in [-0.39, 0.29) is 0 Å². The number of hydrogen-bond donors (Lipinski definition) is 0. The molecule has 0 radical (unpaired) electrons. The second-order valence-electron chi connectivity index (χ2n) is 7.69. The summed E-state index contributed by atoms with van der Waals surface area (Å²) in [7, 11) is 8.38. The first-order valence-electron chi connectivity index (χ1n) is 9.27. The molecular formula is C22H28N2O. The fraction of sp³-hybridized carbons (Fsp3) is 0.455. The van der Waals surface area contributed by atoms with Crippen LogP contribution in [0.4, 0.5) is 11.4 Å². The maximum absolute atomic E-state index is 5.51. The van der Waals surface area contributed by atoms with Gasteiger partial charge < -0.3 is 14.5 Å². The second kappa shape index (κ2) is 6.38. The lowest BCUT2D eigenvalue weighted by Crippen LogP contribution is -2.35. The maximum Gasteiger partial charge on any atom is 0.120 e. The maximum atomic E-state index is 5.51. The third-order valence-corrected chi connectivity index (χ3v) is 6.25. The molecule has 2 aromatic rings. The molecule has 4 rings (SSSR count). The summed E-state index contributed by atoms with van der Waals surface area (Å²) in [5.41, 5.74) is 5.60. The van der Waals surface area contributed by atoms with Gasteiger partial charge in [-0.25, -0.2) is 0 Å². The third-order valence-electron chi connectivity index (χ3n) is 6.25. The van der Waals surface area contributed by atoms with Crippen molar-refractivity contribution in [2.45, 2.75) is 37.1 Å². The van der Waals surface area contributed by atoms with Gasteiger partial charge in [0.1, 0.15) is 5.75 Å². The molecule has 0 bridgehead atoms. The Hall–Kier alpha value is -2.00. The normalized spacial score (nSPS) is 25.0. The van der Waals surface area contributed by atoms with E-state index in [0.29, 0.717) is 17.9 Å². The van der Waals surface area contributed by atoms with Crippen LogP contribution in [-0.2, 0) is 0 Å². The minimum Gasteiger partial charge on any atom is -0.497 e. The van der Waals surface area contributed by atoms with Crippen molar-refractivity contribution in [2.75, 3.05) is 33.2 Å². The summed E-state index contributed by atoms with van der Waals surface area (Å²) in [6, 6.07) is 16.2. The van der Waals surface area contributed by atoms with E-state index in [1.54, 1.807) is 7.11 Å². The fourth-order valence-electron chi connectivity index (χ4n) is 4.82. The van der Waals surface area contributed by atoms with Crippen molar-refractivity contribution in [3.8, 4) is 5.75 Å². The van der Waals surface area contributed by atoms with Crippen molar-refractivity contribution in [1.29, 1.82) is 0 Å². The van der Waals surface area contributed by atoms with Gasteiger partial charge in [-0.2, -0.15) is 0 Å². The zero-order chi connectivity index (χ0) is 17.6. The summed E-state index contributed by atoms with van der Waals surface area (Å²) >= 11 is 0. The molecule has 0 spiro atoms. The van der Waals surface area contributed by atoms with Crippen LogP contribution >= 0.6 is 0 Å². The Morgan fingerprint density at radius 3 is 2.48 bits per heavy atom. The lowest BCUT2D eigenvalue weighted by atomic mass is 9.70. The topological polar surface area (TPSA) is 15.7 Å². The van der Waals surface area contributed by atoms with E-state index in [2.05, 4.69) is 73.4 Å². The second-order valence-corrected chi connectivity index (χ2v) is 7.69. The molecule has 1 heterocycles. The average molecular weight is 336 g/mol. The number of methoxy groups -OCH3 is 1. The zero-order valence-corrected chi connectivity index (χ0v) is 15.7. The lowest BCUT2D eigenvalue weighted by molar-refractivity contribution is 0.198. The number of ether oxygens (including phenoxy) is 1. The minimum absolute atomic E-state index is 0.578. The van der Waals surface area contributed by atoms with Crippen molar-refractivity contribution in [1.82, 2.24) is 4.90 Å². The quantitative estimate of drug-likeness (QED) is 0.786. The molecule has 3 nitrogen and oxygen atoms in total. The first-order chi connectivity index (χ1) is 12.1. The molecule has 2 aromatic carbocycles. The van der Waals surface area contributed by atoms with Gasteiger partial charge in [0.2, 0.25) is 0 Å². The zero-order valence-electron chi connectivity index (χ0n) is 15.7. The van der Waals surface area contributed by atoms with Crippen LogP contribution in [0.2, 0.25) is 0 Å². The molecule has 0 aromatic heterocycles. The molecular weight excluding hydrogens is 308 g/mol. The van der Waals surface area contributed by atoms with Gasteiger partial charge in [-0.1, -0.05) is 24.3 Å². The molecule has 0 amide bonds. The third kappa shape index (κ3) is 2.71. The number of nitrogens with zero attached hydrogens (tertiary/aromatic N) is 2. The average Bonchev–Trinajstić information content (AvgIpc) is 2.75. The Kier molecular flexibility index (Phi) is 4.20. The Labute approximate surface area is 151 Å². The predicted molar refractivity (Wildman–Crippen MR) is 104 cm³/mol. The fourth-order valence-corrected chi connectivity index (χ4v) is 4.82. The predicted octanol–water partition coefficient (Wildman–Crippen LogP) is 4.76. The van der Waals surface area contributed by atoms with Crippen LogP contribution in [0.25, 0.3) is 0 Å². The van der Waals surface area contributed by atoms with E-state index in [0.717, 1.165) is 5.75 Å². The van der Waals surface area contributed by atoms with Crippen LogP contribution in [0.5, 0.6) is 5.75 Å². The highest BCUT2D eigenvalue weighted by molar-refractivity contribution is 5.73. The first-order valence-corrected chi connectivity index (χ1v) is 9.27.